The second-order valence-electron chi connectivity index (χ2n) is 8.94. The van der Waals surface area contributed by atoms with E-state index < -0.39 is 5.97 Å². The molecule has 0 saturated heterocycles. The van der Waals surface area contributed by atoms with Crippen molar-refractivity contribution in [3.05, 3.63) is 59.7 Å². The molecule has 3 rings (SSSR count). The molecule has 1 amide bonds. The maximum atomic E-state index is 12.4. The number of rotatable bonds is 9. The van der Waals surface area contributed by atoms with Crippen LogP contribution in [0.1, 0.15) is 56.0 Å². The first-order valence-electron chi connectivity index (χ1n) is 11.3. The van der Waals surface area contributed by atoms with Crippen molar-refractivity contribution in [2.24, 2.45) is 17.8 Å². The molecule has 0 heterocycles. The highest BCUT2D eigenvalue weighted by atomic mass is 16.5. The van der Waals surface area contributed by atoms with E-state index in [1.807, 2.05) is 0 Å². The van der Waals surface area contributed by atoms with Crippen LogP contribution in [0.5, 0.6) is 5.75 Å². The molecule has 0 aromatic heterocycles. The van der Waals surface area contributed by atoms with Crippen LogP contribution in [0.25, 0.3) is 0 Å². The molecule has 1 aliphatic carbocycles. The Labute approximate surface area is 189 Å². The summed E-state index contributed by atoms with van der Waals surface area (Å²) >= 11 is 0. The van der Waals surface area contributed by atoms with Crippen molar-refractivity contribution in [3.63, 3.8) is 0 Å². The van der Waals surface area contributed by atoms with Crippen LogP contribution in [-0.4, -0.2) is 29.7 Å². The number of ether oxygens (including phenoxy) is 2. The molecule has 0 aliphatic heterocycles. The maximum Gasteiger partial charge on any atom is 0.335 e. The molecule has 2 N–H and O–H groups in total. The van der Waals surface area contributed by atoms with E-state index in [4.69, 9.17) is 14.6 Å². The molecule has 1 fully saturated rings. The van der Waals surface area contributed by atoms with E-state index in [0.717, 1.165) is 18.4 Å². The van der Waals surface area contributed by atoms with E-state index in [2.05, 4.69) is 26.1 Å². The van der Waals surface area contributed by atoms with E-state index >= 15 is 0 Å². The summed E-state index contributed by atoms with van der Waals surface area (Å²) < 4.78 is 11.8. The van der Waals surface area contributed by atoms with Gasteiger partial charge >= 0.3 is 5.97 Å². The van der Waals surface area contributed by atoms with Crippen LogP contribution in [0.2, 0.25) is 0 Å². The lowest BCUT2D eigenvalue weighted by Crippen LogP contribution is -2.38. The summed E-state index contributed by atoms with van der Waals surface area (Å²) in [7, 11) is 0. The SMILES string of the molecule is CC(C)C1C(C)CCCC1OCC(=O)Nc1ccc(OCc2ccc(C(=O)O)cc2)cc1. The molecule has 0 bridgehead atoms. The van der Waals surface area contributed by atoms with Gasteiger partial charge in [-0.25, -0.2) is 4.79 Å². The number of hydrogen-bond donors (Lipinski definition) is 2. The van der Waals surface area contributed by atoms with Crippen molar-refractivity contribution in [1.29, 1.82) is 0 Å². The number of carbonyl (C=O) groups is 2. The lowest BCUT2D eigenvalue weighted by Gasteiger charge is -2.38. The molecular weight excluding hydrogens is 406 g/mol. The van der Waals surface area contributed by atoms with E-state index in [1.165, 1.54) is 6.42 Å². The van der Waals surface area contributed by atoms with Gasteiger partial charge in [0.2, 0.25) is 5.91 Å². The van der Waals surface area contributed by atoms with Crippen molar-refractivity contribution >= 4 is 17.6 Å². The summed E-state index contributed by atoms with van der Waals surface area (Å²) in [4.78, 5) is 23.3. The standard InChI is InChI=1S/C26H33NO5/c1-17(2)25-18(3)5-4-6-23(25)32-16-24(28)27-21-11-13-22(14-12-21)31-15-19-7-9-20(10-8-19)26(29)30/h7-14,17-18,23,25H,4-6,15-16H2,1-3H3,(H,27,28)(H,29,30). The average molecular weight is 440 g/mol. The lowest BCUT2D eigenvalue weighted by molar-refractivity contribution is -0.126. The second kappa shape index (κ2) is 11.1. The van der Waals surface area contributed by atoms with Gasteiger partial charge in [0.05, 0.1) is 11.7 Å². The molecular formula is C26H33NO5. The maximum absolute atomic E-state index is 12.4. The molecule has 6 heteroatoms. The van der Waals surface area contributed by atoms with E-state index in [-0.39, 0.29) is 24.2 Å². The summed E-state index contributed by atoms with van der Waals surface area (Å²) in [5, 5.41) is 11.8. The highest BCUT2D eigenvalue weighted by molar-refractivity contribution is 5.91. The van der Waals surface area contributed by atoms with Gasteiger partial charge in [-0.2, -0.15) is 0 Å². The van der Waals surface area contributed by atoms with Crippen molar-refractivity contribution in [2.45, 2.75) is 52.7 Å². The van der Waals surface area contributed by atoms with Gasteiger partial charge in [0.15, 0.2) is 0 Å². The molecule has 6 nitrogen and oxygen atoms in total. The number of benzene rings is 2. The second-order valence-corrected chi connectivity index (χ2v) is 8.94. The topological polar surface area (TPSA) is 84.9 Å². The van der Waals surface area contributed by atoms with Gasteiger partial charge in [0.25, 0.3) is 0 Å². The van der Waals surface area contributed by atoms with Crippen LogP contribution in [-0.2, 0) is 16.1 Å². The third kappa shape index (κ3) is 6.57. The fourth-order valence-corrected chi connectivity index (χ4v) is 4.60. The molecule has 0 spiro atoms. The fraction of sp³-hybridized carbons (Fsp3) is 0.462. The van der Waals surface area contributed by atoms with Crippen LogP contribution in [0.3, 0.4) is 0 Å². The van der Waals surface area contributed by atoms with Crippen LogP contribution in [0, 0.1) is 17.8 Å². The van der Waals surface area contributed by atoms with E-state index in [0.29, 0.717) is 35.8 Å². The highest BCUT2D eigenvalue weighted by Crippen LogP contribution is 2.36. The number of nitrogens with one attached hydrogen (secondary N) is 1. The Morgan fingerprint density at radius 3 is 2.38 bits per heavy atom. The molecule has 2 aromatic rings. The third-order valence-corrected chi connectivity index (χ3v) is 6.18. The van der Waals surface area contributed by atoms with Crippen LogP contribution >= 0.6 is 0 Å². The summed E-state index contributed by atoms with van der Waals surface area (Å²) in [5.74, 6) is 1.22. The van der Waals surface area contributed by atoms with Gasteiger partial charge in [-0.15, -0.1) is 0 Å². The molecule has 1 saturated carbocycles. The van der Waals surface area contributed by atoms with Crippen molar-refractivity contribution in [3.8, 4) is 5.75 Å². The summed E-state index contributed by atoms with van der Waals surface area (Å²) in [5.41, 5.74) is 1.81. The quantitative estimate of drug-likeness (QED) is 0.548. The van der Waals surface area contributed by atoms with Crippen LogP contribution in [0.4, 0.5) is 5.69 Å². The van der Waals surface area contributed by atoms with Gasteiger partial charge in [0, 0.05) is 5.69 Å². The predicted octanol–water partition coefficient (Wildman–Crippen LogP) is 5.38. The highest BCUT2D eigenvalue weighted by Gasteiger charge is 2.33. The Morgan fingerprint density at radius 1 is 1.06 bits per heavy atom. The monoisotopic (exact) mass is 439 g/mol. The summed E-state index contributed by atoms with van der Waals surface area (Å²) in [6.45, 7) is 7.14. The first-order chi connectivity index (χ1) is 15.3. The minimum absolute atomic E-state index is 0.0607. The number of aromatic carboxylic acids is 1. The molecule has 32 heavy (non-hydrogen) atoms. The predicted molar refractivity (Wildman–Crippen MR) is 124 cm³/mol. The van der Waals surface area contributed by atoms with Crippen LogP contribution in [0.15, 0.2) is 48.5 Å². The third-order valence-electron chi connectivity index (χ3n) is 6.18. The smallest absolute Gasteiger partial charge is 0.335 e. The van der Waals surface area contributed by atoms with Crippen molar-refractivity contribution < 1.29 is 24.2 Å². The largest absolute Gasteiger partial charge is 0.489 e. The Balaban J connectivity index is 1.45. The molecule has 1 aliphatic rings. The Hall–Kier alpha value is -2.86. The van der Waals surface area contributed by atoms with Gasteiger partial charge in [-0.1, -0.05) is 45.7 Å². The Kier molecular flexibility index (Phi) is 8.28. The molecule has 3 atom stereocenters. The van der Waals surface area contributed by atoms with Gasteiger partial charge in [-0.3, -0.25) is 4.79 Å². The normalized spacial score (nSPS) is 20.7. The minimum atomic E-state index is -0.950. The van der Waals surface area contributed by atoms with E-state index in [1.54, 1.807) is 48.5 Å². The van der Waals surface area contributed by atoms with E-state index in [9.17, 15) is 9.59 Å². The number of carboxylic acids is 1. The summed E-state index contributed by atoms with van der Waals surface area (Å²) in [6, 6.07) is 13.7. The van der Waals surface area contributed by atoms with Crippen molar-refractivity contribution in [2.75, 3.05) is 11.9 Å². The Morgan fingerprint density at radius 2 is 1.75 bits per heavy atom. The van der Waals surface area contributed by atoms with Gasteiger partial charge in [0.1, 0.15) is 19.0 Å². The van der Waals surface area contributed by atoms with Crippen molar-refractivity contribution in [1.82, 2.24) is 0 Å². The molecule has 3 unspecified atom stereocenters. The molecule has 172 valence electrons. The van der Waals surface area contributed by atoms with Gasteiger partial charge < -0.3 is 19.9 Å². The Bertz CT molecular complexity index is 891. The summed E-state index contributed by atoms with van der Waals surface area (Å²) in [6.07, 6.45) is 3.55. The minimum Gasteiger partial charge on any atom is -0.489 e. The number of hydrogen-bond acceptors (Lipinski definition) is 4. The number of carbonyl (C=O) groups excluding carboxylic acids is 1. The zero-order valence-electron chi connectivity index (χ0n) is 19.0. The number of anilines is 1. The average Bonchev–Trinajstić information content (AvgIpc) is 2.77. The zero-order valence-corrected chi connectivity index (χ0v) is 19.0. The number of amides is 1. The molecule has 2 aromatic carbocycles. The van der Waals surface area contributed by atoms with Crippen LogP contribution < -0.4 is 10.1 Å². The van der Waals surface area contributed by atoms with Gasteiger partial charge in [-0.05, 0) is 66.1 Å². The first kappa shape index (κ1) is 23.8. The number of carboxylic acid groups (broad SMARTS) is 1. The molecule has 0 radical (unpaired) electrons. The first-order valence-corrected chi connectivity index (χ1v) is 11.3. The zero-order chi connectivity index (χ0) is 23.1. The lowest BCUT2D eigenvalue weighted by atomic mass is 9.72. The fourth-order valence-electron chi connectivity index (χ4n) is 4.60.